The zero-order chi connectivity index (χ0) is 32.4. The molecule has 2 saturated heterocycles. The summed E-state index contributed by atoms with van der Waals surface area (Å²) in [5.41, 5.74) is 9.92. The highest BCUT2D eigenvalue weighted by atomic mass is 32.1. The summed E-state index contributed by atoms with van der Waals surface area (Å²) in [6, 6.07) is 19.1. The number of urea groups is 1. The number of para-hydroxylation sites is 1. The average molecular weight is 643 g/mol. The lowest BCUT2D eigenvalue weighted by molar-refractivity contribution is -0.157. The first-order valence-electron chi connectivity index (χ1n) is 14.7. The number of methoxy groups -OCH3 is 1. The summed E-state index contributed by atoms with van der Waals surface area (Å²) in [6.07, 6.45) is 0.274. The first kappa shape index (κ1) is 30.8. The highest BCUT2D eigenvalue weighted by Gasteiger charge is 2.51. The molecule has 3 aromatic carbocycles. The average Bonchev–Trinajstić information content (AvgIpc) is 3.61. The number of piperazine rings is 1. The second kappa shape index (κ2) is 13.0. The molecule has 0 spiro atoms. The molecule has 0 radical (unpaired) electrons. The van der Waals surface area contributed by atoms with Crippen LogP contribution in [0.1, 0.15) is 16.7 Å². The van der Waals surface area contributed by atoms with Gasteiger partial charge < -0.3 is 30.9 Å². The number of ether oxygens (including phenoxy) is 1. The topological polar surface area (TPSA) is 153 Å². The van der Waals surface area contributed by atoms with Gasteiger partial charge in [-0.25, -0.2) is 9.78 Å². The van der Waals surface area contributed by atoms with Crippen LogP contribution in [0.15, 0.2) is 66.7 Å². The number of carbonyl (C=O) groups excluding carboxylic acids is 4. The van der Waals surface area contributed by atoms with Gasteiger partial charge in [0.25, 0.3) is 0 Å². The monoisotopic (exact) mass is 642 g/mol. The summed E-state index contributed by atoms with van der Waals surface area (Å²) >= 11 is 1.38. The van der Waals surface area contributed by atoms with Crippen LogP contribution in [-0.4, -0.2) is 88.5 Å². The normalized spacial score (nSPS) is 18.0. The van der Waals surface area contributed by atoms with Gasteiger partial charge in [-0.05, 0) is 47.0 Å². The van der Waals surface area contributed by atoms with Gasteiger partial charge >= 0.3 is 6.03 Å². The number of carbonyl (C=O) groups is 4. The van der Waals surface area contributed by atoms with Gasteiger partial charge in [-0.1, -0.05) is 47.7 Å². The smallest absolute Gasteiger partial charge is 0.332 e. The van der Waals surface area contributed by atoms with E-state index >= 15 is 0 Å². The molecule has 13 nitrogen and oxygen atoms in total. The minimum absolute atomic E-state index is 0.0604. The van der Waals surface area contributed by atoms with Crippen LogP contribution in [0.4, 0.5) is 15.6 Å². The molecule has 0 aliphatic carbocycles. The predicted octanol–water partition coefficient (Wildman–Crippen LogP) is 2.64. The van der Waals surface area contributed by atoms with Gasteiger partial charge in [-0.15, -0.1) is 0 Å². The highest BCUT2D eigenvalue weighted by molar-refractivity contribution is 7.22. The Balaban J connectivity index is 1.26. The molecular formula is C32H34N8O5S. The number of hydrazine groups is 1. The zero-order valence-electron chi connectivity index (χ0n) is 25.4. The quantitative estimate of drug-likeness (QED) is 0.223. The van der Waals surface area contributed by atoms with Crippen molar-refractivity contribution in [1.29, 1.82) is 0 Å². The molecular weight excluding hydrogens is 608 g/mol. The first-order valence-corrected chi connectivity index (χ1v) is 15.5. The Morgan fingerprint density at radius 2 is 1.85 bits per heavy atom. The number of anilines is 2. The third-order valence-electron chi connectivity index (χ3n) is 8.34. The van der Waals surface area contributed by atoms with Gasteiger partial charge in [0.15, 0.2) is 5.13 Å². The summed E-state index contributed by atoms with van der Waals surface area (Å²) in [4.78, 5) is 59.8. The van der Waals surface area contributed by atoms with Gasteiger partial charge in [0.05, 0.1) is 30.4 Å². The Kier molecular flexibility index (Phi) is 8.72. The van der Waals surface area contributed by atoms with E-state index in [1.807, 2.05) is 54.6 Å². The van der Waals surface area contributed by atoms with Crippen molar-refractivity contribution in [1.82, 2.24) is 30.1 Å². The molecule has 0 bridgehead atoms. The van der Waals surface area contributed by atoms with E-state index in [4.69, 9.17) is 10.5 Å². The summed E-state index contributed by atoms with van der Waals surface area (Å²) in [7, 11) is 3.21. The SMILES string of the molecule is COc1ccc(CNC(=O)N(C)N2CC(=O)N3[C@@H](Cc4ccc(NC=O)cc4)C(=O)N(Cc4cccc5sc(N)nc45)C[C@@H]32)cc1. The van der Waals surface area contributed by atoms with Crippen molar-refractivity contribution in [3.8, 4) is 5.75 Å². The number of thiazole rings is 1. The molecule has 14 heteroatoms. The van der Waals surface area contributed by atoms with Crippen molar-refractivity contribution in [3.05, 3.63) is 83.4 Å². The number of benzene rings is 3. The van der Waals surface area contributed by atoms with Crippen LogP contribution in [0.25, 0.3) is 10.2 Å². The molecule has 46 heavy (non-hydrogen) atoms. The van der Waals surface area contributed by atoms with Gasteiger partial charge in [-0.3, -0.25) is 19.4 Å². The third-order valence-corrected chi connectivity index (χ3v) is 9.19. The number of nitrogens with zero attached hydrogens (tertiary/aromatic N) is 5. The summed E-state index contributed by atoms with van der Waals surface area (Å²) in [6.45, 7) is 0.675. The summed E-state index contributed by atoms with van der Waals surface area (Å²) < 4.78 is 6.13. The van der Waals surface area contributed by atoms with Crippen LogP contribution < -0.4 is 21.1 Å². The number of aromatic nitrogens is 1. The predicted molar refractivity (Wildman–Crippen MR) is 173 cm³/mol. The highest BCUT2D eigenvalue weighted by Crippen LogP contribution is 2.32. The van der Waals surface area contributed by atoms with E-state index in [-0.39, 0.29) is 50.4 Å². The largest absolute Gasteiger partial charge is 0.497 e. The molecule has 6 rings (SSSR count). The zero-order valence-corrected chi connectivity index (χ0v) is 26.2. The molecule has 3 heterocycles. The minimum atomic E-state index is -0.809. The van der Waals surface area contributed by atoms with E-state index in [0.29, 0.717) is 17.2 Å². The van der Waals surface area contributed by atoms with Crippen molar-refractivity contribution in [2.45, 2.75) is 31.7 Å². The number of rotatable bonds is 10. The second-order valence-corrected chi connectivity index (χ2v) is 12.2. The standard InChI is InChI=1S/C32H34N8O5S/c1-37(32(44)34-15-21-8-12-24(45-2)13-9-21)39-18-28(42)40-25(14-20-6-10-23(11-7-20)35-19-41)30(43)38(17-27(39)40)16-22-4-3-5-26-29(22)36-31(33)46-26/h3-13,19,25,27H,14-18H2,1-2H3,(H2,33,36)(H,34,44)(H,35,41)/t25-,27+/m0/s1. The van der Waals surface area contributed by atoms with Crippen LogP contribution >= 0.6 is 11.3 Å². The lowest BCUT2D eigenvalue weighted by Gasteiger charge is -2.45. The molecule has 0 saturated carbocycles. The van der Waals surface area contributed by atoms with E-state index in [1.54, 1.807) is 41.1 Å². The molecule has 2 aliphatic rings. The molecule has 2 aliphatic heterocycles. The molecule has 1 aromatic heterocycles. The maximum absolute atomic E-state index is 14.2. The van der Waals surface area contributed by atoms with E-state index in [2.05, 4.69) is 15.6 Å². The second-order valence-electron chi connectivity index (χ2n) is 11.1. The Morgan fingerprint density at radius 1 is 1.11 bits per heavy atom. The van der Waals surface area contributed by atoms with Crippen LogP contribution in [0.3, 0.4) is 0 Å². The van der Waals surface area contributed by atoms with Gasteiger partial charge in [0, 0.05) is 32.2 Å². The summed E-state index contributed by atoms with van der Waals surface area (Å²) in [5, 5.41) is 9.09. The molecule has 238 valence electrons. The molecule has 0 unspecified atom stereocenters. The Hall–Kier alpha value is -5.21. The van der Waals surface area contributed by atoms with E-state index in [1.165, 1.54) is 16.3 Å². The first-order chi connectivity index (χ1) is 22.2. The van der Waals surface area contributed by atoms with Crippen LogP contribution in [-0.2, 0) is 33.9 Å². The Morgan fingerprint density at radius 3 is 2.57 bits per heavy atom. The third kappa shape index (κ3) is 6.17. The Labute approximate surface area is 269 Å². The maximum atomic E-state index is 14.2. The molecule has 2 fully saturated rings. The van der Waals surface area contributed by atoms with Crippen LogP contribution in [0, 0.1) is 0 Å². The van der Waals surface area contributed by atoms with Crippen molar-refractivity contribution in [2.75, 3.05) is 38.3 Å². The number of fused-ring (bicyclic) bond motifs is 2. The van der Waals surface area contributed by atoms with Gasteiger partial charge in [0.1, 0.15) is 18.0 Å². The maximum Gasteiger partial charge on any atom is 0.332 e. The minimum Gasteiger partial charge on any atom is -0.497 e. The van der Waals surface area contributed by atoms with Gasteiger partial charge in [-0.2, -0.15) is 5.01 Å². The van der Waals surface area contributed by atoms with E-state index < -0.39 is 12.2 Å². The number of amides is 5. The lowest BCUT2D eigenvalue weighted by Crippen LogP contribution is -2.65. The van der Waals surface area contributed by atoms with Crippen LogP contribution in [0.5, 0.6) is 5.75 Å². The molecule has 2 atom stereocenters. The molecule has 4 aromatic rings. The molecule has 5 amide bonds. The van der Waals surface area contributed by atoms with Crippen molar-refractivity contribution >= 4 is 56.6 Å². The fraction of sp³-hybridized carbons (Fsp3) is 0.281. The number of nitrogens with two attached hydrogens (primary N) is 1. The number of hydrogen-bond donors (Lipinski definition) is 3. The van der Waals surface area contributed by atoms with Crippen molar-refractivity contribution < 1.29 is 23.9 Å². The van der Waals surface area contributed by atoms with E-state index in [0.717, 1.165) is 32.7 Å². The molecule has 4 N–H and O–H groups in total. The van der Waals surface area contributed by atoms with Crippen molar-refractivity contribution in [2.24, 2.45) is 0 Å². The number of hydrogen-bond acceptors (Lipinski definition) is 9. The van der Waals surface area contributed by atoms with Crippen molar-refractivity contribution in [3.63, 3.8) is 0 Å². The summed E-state index contributed by atoms with van der Waals surface area (Å²) in [5.74, 6) is 0.275. The van der Waals surface area contributed by atoms with Crippen LogP contribution in [0.2, 0.25) is 0 Å². The lowest BCUT2D eigenvalue weighted by atomic mass is 9.99. The fourth-order valence-electron chi connectivity index (χ4n) is 5.99. The van der Waals surface area contributed by atoms with E-state index in [9.17, 15) is 19.2 Å². The number of nitrogen functional groups attached to an aromatic ring is 1. The fourth-order valence-corrected chi connectivity index (χ4v) is 6.77. The van der Waals surface area contributed by atoms with Gasteiger partial charge in [0.2, 0.25) is 18.2 Å². The number of nitrogens with one attached hydrogen (secondary N) is 2. The Bertz CT molecular complexity index is 1760.